The topological polar surface area (TPSA) is 116 Å². The van der Waals surface area contributed by atoms with Gasteiger partial charge in [0.25, 0.3) is 0 Å². The summed E-state index contributed by atoms with van der Waals surface area (Å²) >= 11 is 0. The standard InChI is InChI=1S/C22H32O7/c1-11-13-8-21(17(11)25)15(7-14(13)24)20-6-4-5-19(3,9-28-12(2)23)16(20)18(26)22(21,27)29-10-20/h13-18,24-27H,1,4-10H2,2-3H3/t13-,14+,15+,16-,17-,18+,19+,20-,21+,22+/m1/s1. The lowest BCUT2D eigenvalue weighted by Gasteiger charge is -2.74. The largest absolute Gasteiger partial charge is 0.465 e. The van der Waals surface area contributed by atoms with Gasteiger partial charge in [0.15, 0.2) is 0 Å². The van der Waals surface area contributed by atoms with Crippen LogP contribution in [-0.2, 0) is 14.3 Å². The highest BCUT2D eigenvalue weighted by atomic mass is 16.6. The van der Waals surface area contributed by atoms with Crippen LogP contribution in [0.3, 0.4) is 0 Å². The smallest absolute Gasteiger partial charge is 0.302 e. The number of esters is 1. The molecule has 2 spiro atoms. The van der Waals surface area contributed by atoms with Crippen molar-refractivity contribution in [1.29, 1.82) is 0 Å². The molecule has 29 heavy (non-hydrogen) atoms. The Hall–Kier alpha value is -0.990. The van der Waals surface area contributed by atoms with E-state index in [4.69, 9.17) is 9.47 Å². The quantitative estimate of drug-likeness (QED) is 0.393. The van der Waals surface area contributed by atoms with Crippen LogP contribution in [0.1, 0.15) is 46.0 Å². The number of aliphatic hydroxyl groups excluding tert-OH is 3. The fraction of sp³-hybridized carbons (Fsp3) is 0.864. The normalized spacial score (nSPS) is 57.9. The van der Waals surface area contributed by atoms with E-state index in [-0.39, 0.29) is 36.9 Å². The number of ether oxygens (including phenoxy) is 2. The average Bonchev–Trinajstić information content (AvgIpc) is 2.89. The maximum absolute atomic E-state index is 11.8. The summed E-state index contributed by atoms with van der Waals surface area (Å²) in [5, 5.41) is 45.5. The molecule has 7 nitrogen and oxygen atoms in total. The minimum Gasteiger partial charge on any atom is -0.465 e. The molecule has 2 saturated heterocycles. The summed E-state index contributed by atoms with van der Waals surface area (Å²) in [5.74, 6) is -3.16. The molecule has 0 radical (unpaired) electrons. The third kappa shape index (κ3) is 2.09. The first-order valence-electron chi connectivity index (χ1n) is 10.8. The number of aliphatic hydroxyl groups is 4. The number of hydrogen-bond acceptors (Lipinski definition) is 7. The van der Waals surface area contributed by atoms with Gasteiger partial charge >= 0.3 is 5.97 Å². The van der Waals surface area contributed by atoms with Crippen LogP contribution in [-0.4, -0.2) is 63.7 Å². The lowest BCUT2D eigenvalue weighted by atomic mass is 9.36. The molecule has 6 fully saturated rings. The van der Waals surface area contributed by atoms with Crippen molar-refractivity contribution in [2.45, 2.75) is 70.1 Å². The van der Waals surface area contributed by atoms with E-state index in [2.05, 4.69) is 6.58 Å². The Balaban J connectivity index is 1.66. The maximum Gasteiger partial charge on any atom is 0.302 e. The first-order chi connectivity index (χ1) is 13.5. The molecule has 4 saturated carbocycles. The Bertz CT molecular complexity index is 768. The van der Waals surface area contributed by atoms with Gasteiger partial charge in [-0.15, -0.1) is 0 Å². The fourth-order valence-electron chi connectivity index (χ4n) is 8.38. The molecule has 0 unspecified atom stereocenters. The van der Waals surface area contributed by atoms with E-state index < -0.39 is 40.3 Å². The van der Waals surface area contributed by atoms with Crippen LogP contribution in [0, 0.1) is 34.0 Å². The Morgan fingerprint density at radius 1 is 1.31 bits per heavy atom. The second-order valence-electron chi connectivity index (χ2n) is 10.6. The van der Waals surface area contributed by atoms with Gasteiger partial charge in [-0.2, -0.15) is 0 Å². The van der Waals surface area contributed by atoms with Crippen molar-refractivity contribution in [2.75, 3.05) is 13.2 Å². The van der Waals surface area contributed by atoms with Crippen LogP contribution < -0.4 is 0 Å². The summed E-state index contributed by atoms with van der Waals surface area (Å²) in [5.41, 5.74) is -1.56. The Morgan fingerprint density at radius 2 is 2.03 bits per heavy atom. The van der Waals surface area contributed by atoms with Crippen LogP contribution in [0.15, 0.2) is 12.2 Å². The molecule has 2 heterocycles. The van der Waals surface area contributed by atoms with Crippen molar-refractivity contribution in [1.82, 2.24) is 0 Å². The van der Waals surface area contributed by atoms with Gasteiger partial charge < -0.3 is 29.9 Å². The molecule has 4 aliphatic carbocycles. The van der Waals surface area contributed by atoms with Gasteiger partial charge in [-0.3, -0.25) is 4.79 Å². The van der Waals surface area contributed by atoms with Gasteiger partial charge in [-0.05, 0) is 37.2 Å². The predicted octanol–water partition coefficient (Wildman–Crippen LogP) is 0.740. The van der Waals surface area contributed by atoms with Crippen LogP contribution in [0.5, 0.6) is 0 Å². The summed E-state index contributed by atoms with van der Waals surface area (Å²) in [7, 11) is 0. The van der Waals surface area contributed by atoms with E-state index in [9.17, 15) is 25.2 Å². The molecular formula is C22H32O7. The average molecular weight is 408 g/mol. The second kappa shape index (κ2) is 5.82. The molecule has 0 amide bonds. The first-order valence-corrected chi connectivity index (χ1v) is 10.8. The third-order valence-electron chi connectivity index (χ3n) is 9.44. The number of hydrogen-bond donors (Lipinski definition) is 4. The van der Waals surface area contributed by atoms with Crippen LogP contribution in [0.25, 0.3) is 0 Å². The van der Waals surface area contributed by atoms with E-state index in [0.717, 1.165) is 19.3 Å². The Morgan fingerprint density at radius 3 is 2.72 bits per heavy atom. The van der Waals surface area contributed by atoms with Crippen molar-refractivity contribution in [2.24, 2.45) is 34.0 Å². The number of carbonyl (C=O) groups excluding carboxylic acids is 1. The SMILES string of the molecule is C=C1[C@H]2C[C@@]3([C@@H]1O)[C@@H](C[C@@H]2O)[C@]12CCC[C@@](C)(COC(C)=O)[C@H]1[C@H](O)[C@]3(O)OC2. The summed E-state index contributed by atoms with van der Waals surface area (Å²) in [6.07, 6.45) is 0.337. The summed E-state index contributed by atoms with van der Waals surface area (Å²) in [6, 6.07) is 0. The minimum atomic E-state index is -1.92. The van der Waals surface area contributed by atoms with Gasteiger partial charge in [0.1, 0.15) is 6.10 Å². The Labute approximate surface area is 170 Å². The highest BCUT2D eigenvalue weighted by Crippen LogP contribution is 2.77. The van der Waals surface area contributed by atoms with Crippen LogP contribution >= 0.6 is 0 Å². The molecule has 0 aromatic rings. The van der Waals surface area contributed by atoms with Crippen molar-refractivity contribution < 1.29 is 34.7 Å². The molecule has 10 atom stereocenters. The molecule has 7 heteroatoms. The second-order valence-corrected chi connectivity index (χ2v) is 10.6. The van der Waals surface area contributed by atoms with E-state index in [1.54, 1.807) is 0 Å². The number of rotatable bonds is 2. The molecule has 0 aromatic heterocycles. The van der Waals surface area contributed by atoms with Crippen molar-refractivity contribution in [3.8, 4) is 0 Å². The first kappa shape index (κ1) is 19.9. The van der Waals surface area contributed by atoms with Gasteiger partial charge in [0.2, 0.25) is 5.79 Å². The molecule has 6 rings (SSSR count). The lowest BCUT2D eigenvalue weighted by Crippen LogP contribution is -2.82. The van der Waals surface area contributed by atoms with Gasteiger partial charge in [0, 0.05) is 29.6 Å². The Kier molecular flexibility index (Phi) is 4.01. The summed E-state index contributed by atoms with van der Waals surface area (Å²) < 4.78 is 11.4. The maximum atomic E-state index is 11.8. The van der Waals surface area contributed by atoms with Crippen LogP contribution in [0.2, 0.25) is 0 Å². The highest BCUT2D eigenvalue weighted by Gasteiger charge is 2.83. The highest BCUT2D eigenvalue weighted by molar-refractivity contribution is 5.65. The zero-order valence-electron chi connectivity index (χ0n) is 17.1. The molecule has 4 N–H and O–H groups in total. The molecule has 6 aliphatic rings. The zero-order chi connectivity index (χ0) is 21.0. The fourth-order valence-corrected chi connectivity index (χ4v) is 8.38. The molecule has 2 aliphatic heterocycles. The van der Waals surface area contributed by atoms with E-state index in [0.29, 0.717) is 18.4 Å². The lowest BCUT2D eigenvalue weighted by molar-refractivity contribution is -0.460. The third-order valence-corrected chi connectivity index (χ3v) is 9.44. The van der Waals surface area contributed by atoms with E-state index in [1.807, 2.05) is 6.92 Å². The van der Waals surface area contributed by atoms with Crippen molar-refractivity contribution in [3.63, 3.8) is 0 Å². The predicted molar refractivity (Wildman–Crippen MR) is 101 cm³/mol. The summed E-state index contributed by atoms with van der Waals surface area (Å²) in [6.45, 7) is 7.83. The van der Waals surface area contributed by atoms with E-state index in [1.165, 1.54) is 6.92 Å². The zero-order valence-corrected chi connectivity index (χ0v) is 17.1. The molecule has 0 aromatic carbocycles. The number of fused-ring (bicyclic) bond motifs is 2. The van der Waals surface area contributed by atoms with Gasteiger partial charge in [0.05, 0.1) is 30.8 Å². The molecular weight excluding hydrogens is 376 g/mol. The molecule has 162 valence electrons. The van der Waals surface area contributed by atoms with Crippen molar-refractivity contribution in [3.05, 3.63) is 12.2 Å². The molecule has 4 bridgehead atoms. The van der Waals surface area contributed by atoms with Gasteiger partial charge in [-0.25, -0.2) is 0 Å². The monoisotopic (exact) mass is 408 g/mol. The minimum absolute atomic E-state index is 0.169. The van der Waals surface area contributed by atoms with Crippen LogP contribution in [0.4, 0.5) is 0 Å². The van der Waals surface area contributed by atoms with Gasteiger partial charge in [-0.1, -0.05) is 19.9 Å². The summed E-state index contributed by atoms with van der Waals surface area (Å²) in [4.78, 5) is 11.5. The number of carbonyl (C=O) groups is 1. The van der Waals surface area contributed by atoms with Crippen molar-refractivity contribution >= 4 is 5.97 Å². The van der Waals surface area contributed by atoms with E-state index >= 15 is 0 Å².